The van der Waals surface area contributed by atoms with Gasteiger partial charge in [-0.05, 0) is 43.0 Å². The molecule has 5 rings (SSSR count). The van der Waals surface area contributed by atoms with Crippen molar-refractivity contribution in [2.45, 2.75) is 12.8 Å². The third-order valence-electron chi connectivity index (χ3n) is 6.48. The number of hydrogen-bond acceptors (Lipinski definition) is 8. The van der Waals surface area contributed by atoms with E-state index in [1.807, 2.05) is 6.07 Å². The van der Waals surface area contributed by atoms with E-state index in [1.54, 1.807) is 18.3 Å². The maximum atomic E-state index is 10.3. The molecule has 0 aliphatic carbocycles. The van der Waals surface area contributed by atoms with Crippen molar-refractivity contribution in [1.82, 2.24) is 15.0 Å². The van der Waals surface area contributed by atoms with E-state index in [0.29, 0.717) is 17.3 Å². The fourth-order valence-corrected chi connectivity index (χ4v) is 4.45. The summed E-state index contributed by atoms with van der Waals surface area (Å²) in [6, 6.07) is 14.0. The molecule has 0 saturated carbocycles. The molecule has 3 aromatic rings. The van der Waals surface area contributed by atoms with Crippen LogP contribution in [0, 0.1) is 5.92 Å². The van der Waals surface area contributed by atoms with Gasteiger partial charge in [0.05, 0.1) is 24.5 Å². The molecule has 2 saturated heterocycles. The highest BCUT2D eigenvalue weighted by Crippen LogP contribution is 2.32. The van der Waals surface area contributed by atoms with Gasteiger partial charge in [0.1, 0.15) is 5.82 Å². The Labute approximate surface area is 193 Å². The van der Waals surface area contributed by atoms with E-state index in [1.165, 1.54) is 5.69 Å². The highest BCUT2D eigenvalue weighted by atomic mass is 16.5. The maximum absolute atomic E-state index is 10.3. The Hall–Kier alpha value is -3.23. The maximum Gasteiger partial charge on any atom is 0.222 e. The van der Waals surface area contributed by atoms with Gasteiger partial charge in [-0.25, -0.2) is 15.0 Å². The molecule has 8 heteroatoms. The number of ether oxygens (including phenoxy) is 1. The van der Waals surface area contributed by atoms with Gasteiger partial charge in [-0.15, -0.1) is 0 Å². The Morgan fingerprint density at radius 1 is 0.939 bits per heavy atom. The molecule has 4 heterocycles. The Morgan fingerprint density at radius 2 is 1.70 bits per heavy atom. The van der Waals surface area contributed by atoms with Gasteiger partial charge in [-0.2, -0.15) is 0 Å². The molecule has 2 aromatic heterocycles. The second-order valence-electron chi connectivity index (χ2n) is 8.57. The smallest absolute Gasteiger partial charge is 0.222 e. The summed E-state index contributed by atoms with van der Waals surface area (Å²) < 4.78 is 5.46. The summed E-state index contributed by atoms with van der Waals surface area (Å²) in [5.74, 6) is 1.54. The van der Waals surface area contributed by atoms with E-state index >= 15 is 0 Å². The van der Waals surface area contributed by atoms with Crippen molar-refractivity contribution in [2.24, 2.45) is 5.92 Å². The summed E-state index contributed by atoms with van der Waals surface area (Å²) in [6.07, 6.45) is 3.41. The molecule has 0 unspecified atom stereocenters. The van der Waals surface area contributed by atoms with Crippen LogP contribution < -0.4 is 9.80 Å². The van der Waals surface area contributed by atoms with Crippen molar-refractivity contribution in [1.29, 1.82) is 0 Å². The Morgan fingerprint density at radius 3 is 2.39 bits per heavy atom. The normalized spacial score (nSPS) is 17.4. The first-order chi connectivity index (χ1) is 16.2. The molecule has 2 fully saturated rings. The van der Waals surface area contributed by atoms with E-state index in [2.05, 4.69) is 39.0 Å². The molecule has 0 amide bonds. The molecular weight excluding hydrogens is 418 g/mol. The average Bonchev–Trinajstić information content (AvgIpc) is 2.89. The van der Waals surface area contributed by atoms with Crippen LogP contribution in [0.25, 0.3) is 22.6 Å². The minimum absolute atomic E-state index is 0.0812. The van der Waals surface area contributed by atoms with Gasteiger partial charge in [0.25, 0.3) is 0 Å². The zero-order valence-electron chi connectivity index (χ0n) is 18.6. The number of hydrogen-bond donors (Lipinski definition) is 2. The number of aromatic hydroxyl groups is 1. The quantitative estimate of drug-likeness (QED) is 0.617. The second kappa shape index (κ2) is 9.72. The molecule has 0 radical (unpaired) electrons. The molecule has 2 aliphatic heterocycles. The Balaban J connectivity index is 1.49. The lowest BCUT2D eigenvalue weighted by atomic mass is 9.98. The molecule has 172 valence electrons. The molecule has 0 spiro atoms. The molecule has 33 heavy (non-hydrogen) atoms. The van der Waals surface area contributed by atoms with E-state index in [-0.39, 0.29) is 12.5 Å². The lowest BCUT2D eigenvalue weighted by Gasteiger charge is -2.32. The molecule has 2 N–H and O–H groups in total. The van der Waals surface area contributed by atoms with Crippen LogP contribution >= 0.6 is 0 Å². The third kappa shape index (κ3) is 4.77. The zero-order chi connectivity index (χ0) is 22.6. The fourth-order valence-electron chi connectivity index (χ4n) is 4.45. The number of aliphatic hydroxyl groups is 1. The highest BCUT2D eigenvalue weighted by Gasteiger charge is 2.22. The second-order valence-corrected chi connectivity index (χ2v) is 8.57. The van der Waals surface area contributed by atoms with E-state index in [4.69, 9.17) is 14.7 Å². The highest BCUT2D eigenvalue weighted by molar-refractivity contribution is 5.71. The monoisotopic (exact) mass is 447 g/mol. The third-order valence-corrected chi connectivity index (χ3v) is 6.48. The summed E-state index contributed by atoms with van der Waals surface area (Å²) in [4.78, 5) is 18.1. The number of piperidine rings is 1. The first-order valence-corrected chi connectivity index (χ1v) is 11.5. The van der Waals surface area contributed by atoms with Gasteiger partial charge >= 0.3 is 0 Å². The lowest BCUT2D eigenvalue weighted by molar-refractivity contribution is 0.122. The number of benzene rings is 1. The van der Waals surface area contributed by atoms with Crippen LogP contribution in [0.4, 0.5) is 11.5 Å². The minimum Gasteiger partial charge on any atom is -0.493 e. The first kappa shape index (κ1) is 21.6. The number of aromatic nitrogens is 3. The molecular formula is C25H29N5O3. The van der Waals surface area contributed by atoms with Crippen molar-refractivity contribution in [3.63, 3.8) is 0 Å². The van der Waals surface area contributed by atoms with Crippen LogP contribution in [-0.4, -0.2) is 71.2 Å². The predicted molar refractivity (Wildman–Crippen MR) is 127 cm³/mol. The summed E-state index contributed by atoms with van der Waals surface area (Å²) in [5, 5.41) is 19.8. The lowest BCUT2D eigenvalue weighted by Crippen LogP contribution is -2.36. The van der Waals surface area contributed by atoms with Crippen LogP contribution in [0.1, 0.15) is 12.8 Å². The van der Waals surface area contributed by atoms with Gasteiger partial charge in [0.15, 0.2) is 5.82 Å². The van der Waals surface area contributed by atoms with Crippen LogP contribution in [0.5, 0.6) is 5.88 Å². The van der Waals surface area contributed by atoms with Crippen molar-refractivity contribution in [3.8, 4) is 28.5 Å². The van der Waals surface area contributed by atoms with Crippen molar-refractivity contribution in [3.05, 3.63) is 48.7 Å². The van der Waals surface area contributed by atoms with Crippen LogP contribution in [0.3, 0.4) is 0 Å². The Kier molecular flexibility index (Phi) is 6.37. The largest absolute Gasteiger partial charge is 0.493 e. The van der Waals surface area contributed by atoms with Crippen molar-refractivity contribution in [2.75, 3.05) is 55.8 Å². The number of rotatable bonds is 5. The summed E-state index contributed by atoms with van der Waals surface area (Å²) >= 11 is 0. The SMILES string of the molecule is OCC1CCN(c2cc(-c3ccc(N4CCOCC4)cc3)nc(-c3cccnc3O)n2)CC1. The van der Waals surface area contributed by atoms with E-state index in [0.717, 1.165) is 69.3 Å². The van der Waals surface area contributed by atoms with Crippen LogP contribution in [-0.2, 0) is 4.74 Å². The molecule has 1 aromatic carbocycles. The number of aliphatic hydroxyl groups excluding tert-OH is 1. The molecule has 0 bridgehead atoms. The van der Waals surface area contributed by atoms with Crippen molar-refractivity contribution >= 4 is 11.5 Å². The average molecular weight is 448 g/mol. The summed E-state index contributed by atoms with van der Waals surface area (Å²) in [7, 11) is 0. The van der Waals surface area contributed by atoms with Crippen molar-refractivity contribution < 1.29 is 14.9 Å². The van der Waals surface area contributed by atoms with Crippen LogP contribution in [0.2, 0.25) is 0 Å². The number of anilines is 2. The standard InChI is InChI=1S/C25H29N5O3/c31-17-18-7-10-30(11-8-18)23-16-22(27-24(28-23)21-2-1-9-26-25(21)32)19-3-5-20(6-4-19)29-12-14-33-15-13-29/h1-6,9,16,18,31H,7-8,10-15,17H2,(H,26,32). The van der Waals surface area contributed by atoms with Gasteiger partial charge in [-0.3, -0.25) is 0 Å². The zero-order valence-corrected chi connectivity index (χ0v) is 18.6. The minimum atomic E-state index is -0.0812. The topological polar surface area (TPSA) is 94.8 Å². The number of pyridine rings is 1. The summed E-state index contributed by atoms with van der Waals surface area (Å²) in [6.45, 7) is 5.18. The fraction of sp³-hybridized carbons (Fsp3) is 0.400. The number of morpholine rings is 1. The first-order valence-electron chi connectivity index (χ1n) is 11.5. The van der Waals surface area contributed by atoms with E-state index in [9.17, 15) is 10.2 Å². The summed E-state index contributed by atoms with van der Waals surface area (Å²) in [5.41, 5.74) is 3.48. The van der Waals surface area contributed by atoms with Gasteiger partial charge in [-0.1, -0.05) is 12.1 Å². The Bertz CT molecular complexity index is 1080. The van der Waals surface area contributed by atoms with E-state index < -0.39 is 0 Å². The van der Waals surface area contributed by atoms with Gasteiger partial charge in [0.2, 0.25) is 5.88 Å². The van der Waals surface area contributed by atoms with Crippen LogP contribution in [0.15, 0.2) is 48.7 Å². The molecule has 2 aliphatic rings. The predicted octanol–water partition coefficient (Wildman–Crippen LogP) is 2.96. The van der Waals surface area contributed by atoms with Gasteiger partial charge < -0.3 is 24.7 Å². The molecule has 0 atom stereocenters. The molecule has 8 nitrogen and oxygen atoms in total. The van der Waals surface area contributed by atoms with Gasteiger partial charge in [0, 0.05) is 56.3 Å². The number of nitrogens with zero attached hydrogens (tertiary/aromatic N) is 5.